The van der Waals surface area contributed by atoms with E-state index in [2.05, 4.69) is 29.9 Å². The Labute approximate surface area is 120 Å². The summed E-state index contributed by atoms with van der Waals surface area (Å²) in [5, 5.41) is 7.64. The van der Waals surface area contributed by atoms with Crippen molar-refractivity contribution in [3.8, 4) is 5.88 Å². The first-order valence-electron chi connectivity index (χ1n) is 6.87. The smallest absolute Gasteiger partial charge is 0.259 e. The lowest BCUT2D eigenvalue weighted by atomic mass is 9.96. The Bertz CT molecular complexity index is 553. The molecule has 2 heterocycles. The first kappa shape index (κ1) is 13.3. The fourth-order valence-corrected chi connectivity index (χ4v) is 2.74. The van der Waals surface area contributed by atoms with Gasteiger partial charge in [-0.3, -0.25) is 4.68 Å². The predicted molar refractivity (Wildman–Crippen MR) is 80.0 cm³/mol. The van der Waals surface area contributed by atoms with Crippen LogP contribution in [0.4, 0.5) is 11.6 Å². The molecular formula is C13H18N5OP. The van der Waals surface area contributed by atoms with Gasteiger partial charge in [0, 0.05) is 12.4 Å². The summed E-state index contributed by atoms with van der Waals surface area (Å²) in [7, 11) is 2.24. The molecule has 1 fully saturated rings. The van der Waals surface area contributed by atoms with Crippen LogP contribution in [0.2, 0.25) is 0 Å². The molecule has 0 aromatic carbocycles. The van der Waals surface area contributed by atoms with Crippen LogP contribution >= 0.6 is 9.47 Å². The van der Waals surface area contributed by atoms with Gasteiger partial charge in [0.2, 0.25) is 5.95 Å². The predicted octanol–water partition coefficient (Wildman–Crippen LogP) is 3.09. The fourth-order valence-electron chi connectivity index (χ4n) is 2.56. The lowest BCUT2D eigenvalue weighted by molar-refractivity contribution is 0.326. The van der Waals surface area contributed by atoms with Crippen molar-refractivity contribution in [2.24, 2.45) is 0 Å². The van der Waals surface area contributed by atoms with Crippen LogP contribution in [0.15, 0.2) is 24.7 Å². The topological polar surface area (TPSA) is 64.9 Å². The van der Waals surface area contributed by atoms with Gasteiger partial charge in [0.25, 0.3) is 5.88 Å². The number of nitrogens with zero attached hydrogens (tertiary/aromatic N) is 4. The first-order valence-corrected chi connectivity index (χ1v) is 7.34. The molecule has 106 valence electrons. The minimum absolute atomic E-state index is 0.467. The van der Waals surface area contributed by atoms with E-state index >= 15 is 0 Å². The Kier molecular flexibility index (Phi) is 4.11. The van der Waals surface area contributed by atoms with E-state index in [0.29, 0.717) is 17.9 Å². The minimum atomic E-state index is 0.467. The largest absolute Gasteiger partial charge is 0.461 e. The normalized spacial score (nSPS) is 16.1. The van der Waals surface area contributed by atoms with E-state index in [1.165, 1.54) is 32.1 Å². The van der Waals surface area contributed by atoms with Crippen LogP contribution in [0.3, 0.4) is 0 Å². The van der Waals surface area contributed by atoms with E-state index < -0.39 is 0 Å². The zero-order valence-electron chi connectivity index (χ0n) is 11.2. The van der Waals surface area contributed by atoms with Gasteiger partial charge in [-0.25, -0.2) is 9.97 Å². The van der Waals surface area contributed by atoms with Gasteiger partial charge in [0.1, 0.15) is 5.69 Å². The second-order valence-electron chi connectivity index (χ2n) is 4.94. The van der Waals surface area contributed by atoms with Crippen molar-refractivity contribution < 1.29 is 4.52 Å². The molecule has 1 saturated carbocycles. The van der Waals surface area contributed by atoms with Crippen molar-refractivity contribution >= 4 is 21.1 Å². The lowest BCUT2D eigenvalue weighted by Crippen LogP contribution is -2.13. The Balaban J connectivity index is 1.81. The zero-order valence-corrected chi connectivity index (χ0v) is 12.4. The van der Waals surface area contributed by atoms with Crippen LogP contribution in [-0.4, -0.2) is 19.7 Å². The third-order valence-electron chi connectivity index (χ3n) is 3.57. The number of hydrogen-bond acceptors (Lipinski definition) is 5. The monoisotopic (exact) mass is 291 g/mol. The molecule has 0 aliphatic heterocycles. The molecule has 1 unspecified atom stereocenters. The van der Waals surface area contributed by atoms with Gasteiger partial charge < -0.3 is 9.84 Å². The molecule has 6 nitrogen and oxygen atoms in total. The summed E-state index contributed by atoms with van der Waals surface area (Å²) >= 11 is 0. The zero-order chi connectivity index (χ0) is 13.8. The van der Waals surface area contributed by atoms with Gasteiger partial charge in [0.05, 0.1) is 21.7 Å². The number of aromatic nitrogens is 4. The standard InChI is InChI=1S/C13H18N5OP/c20-19-12-11(16-13-14-7-4-8-15-13)9-18(17-12)10-5-2-1-3-6-10/h4,7-10H,1-3,5-6,20H2,(H,14,15,16). The van der Waals surface area contributed by atoms with Crippen molar-refractivity contribution in [3.63, 3.8) is 0 Å². The highest BCUT2D eigenvalue weighted by Gasteiger charge is 2.19. The summed E-state index contributed by atoms with van der Waals surface area (Å²) in [4.78, 5) is 8.30. The summed E-state index contributed by atoms with van der Waals surface area (Å²) in [6.45, 7) is 0. The molecule has 1 aliphatic carbocycles. The van der Waals surface area contributed by atoms with Crippen LogP contribution in [-0.2, 0) is 0 Å². The molecule has 0 radical (unpaired) electrons. The van der Waals surface area contributed by atoms with Crippen molar-refractivity contribution in [1.29, 1.82) is 0 Å². The molecule has 1 atom stereocenters. The van der Waals surface area contributed by atoms with E-state index in [1.807, 2.05) is 10.9 Å². The maximum atomic E-state index is 5.26. The molecule has 1 aliphatic rings. The molecule has 0 amide bonds. The van der Waals surface area contributed by atoms with Crippen LogP contribution in [0, 0.1) is 0 Å². The molecular weight excluding hydrogens is 273 g/mol. The Morgan fingerprint density at radius 1 is 1.20 bits per heavy atom. The van der Waals surface area contributed by atoms with Gasteiger partial charge >= 0.3 is 0 Å². The van der Waals surface area contributed by atoms with Crippen molar-refractivity contribution in [3.05, 3.63) is 24.7 Å². The summed E-state index contributed by atoms with van der Waals surface area (Å²) in [6.07, 6.45) is 11.6. The summed E-state index contributed by atoms with van der Waals surface area (Å²) in [5.74, 6) is 1.09. The molecule has 7 heteroatoms. The number of rotatable bonds is 4. The maximum absolute atomic E-state index is 5.26. The van der Waals surface area contributed by atoms with E-state index in [0.717, 1.165) is 5.69 Å². The van der Waals surface area contributed by atoms with Gasteiger partial charge in [-0.2, -0.15) is 0 Å². The Morgan fingerprint density at radius 3 is 2.65 bits per heavy atom. The summed E-state index contributed by atoms with van der Waals surface area (Å²) in [5.41, 5.74) is 0.789. The highest BCUT2D eigenvalue weighted by Crippen LogP contribution is 2.33. The minimum Gasteiger partial charge on any atom is -0.461 e. The molecule has 1 N–H and O–H groups in total. The van der Waals surface area contributed by atoms with E-state index in [9.17, 15) is 0 Å². The van der Waals surface area contributed by atoms with Crippen LogP contribution in [0.5, 0.6) is 5.88 Å². The van der Waals surface area contributed by atoms with E-state index in [1.54, 1.807) is 18.5 Å². The molecule has 0 saturated heterocycles. The maximum Gasteiger partial charge on any atom is 0.259 e. The van der Waals surface area contributed by atoms with E-state index in [4.69, 9.17) is 4.52 Å². The lowest BCUT2D eigenvalue weighted by Gasteiger charge is -2.21. The summed E-state index contributed by atoms with van der Waals surface area (Å²) < 4.78 is 7.26. The summed E-state index contributed by atoms with van der Waals surface area (Å²) in [6, 6.07) is 2.25. The number of anilines is 2. The van der Waals surface area contributed by atoms with Crippen molar-refractivity contribution in [2.45, 2.75) is 38.1 Å². The van der Waals surface area contributed by atoms with E-state index in [-0.39, 0.29) is 0 Å². The average Bonchev–Trinajstić information content (AvgIpc) is 2.92. The second-order valence-corrected chi connectivity index (χ2v) is 5.17. The van der Waals surface area contributed by atoms with Crippen LogP contribution in [0.1, 0.15) is 38.1 Å². The van der Waals surface area contributed by atoms with Crippen LogP contribution < -0.4 is 9.84 Å². The van der Waals surface area contributed by atoms with Gasteiger partial charge in [-0.15, -0.1) is 5.10 Å². The molecule has 2 aromatic rings. The van der Waals surface area contributed by atoms with Crippen molar-refractivity contribution in [2.75, 3.05) is 5.32 Å². The second kappa shape index (κ2) is 6.18. The van der Waals surface area contributed by atoms with Gasteiger partial charge in [-0.05, 0) is 18.9 Å². The van der Waals surface area contributed by atoms with Gasteiger partial charge in [-0.1, -0.05) is 19.3 Å². The third-order valence-corrected chi connectivity index (χ3v) is 3.79. The SMILES string of the molecule is POc1nn(C2CCCCC2)cc1Nc1ncccn1. The molecule has 0 spiro atoms. The number of hydrogen-bond donors (Lipinski definition) is 1. The van der Waals surface area contributed by atoms with Gasteiger partial charge in [0.15, 0.2) is 0 Å². The number of nitrogens with one attached hydrogen (secondary N) is 1. The van der Waals surface area contributed by atoms with Crippen molar-refractivity contribution in [1.82, 2.24) is 19.7 Å². The van der Waals surface area contributed by atoms with Crippen LogP contribution in [0.25, 0.3) is 0 Å². The molecule has 2 aromatic heterocycles. The molecule has 0 bridgehead atoms. The Morgan fingerprint density at radius 2 is 1.95 bits per heavy atom. The molecule has 3 rings (SSSR count). The third kappa shape index (κ3) is 2.90. The highest BCUT2D eigenvalue weighted by atomic mass is 31.0. The highest BCUT2D eigenvalue weighted by molar-refractivity contribution is 7.10. The average molecular weight is 291 g/mol. The Hall–Kier alpha value is -1.68. The molecule has 20 heavy (non-hydrogen) atoms. The fraction of sp³-hybridized carbons (Fsp3) is 0.462. The first-order chi connectivity index (χ1) is 9.86. The quantitative estimate of drug-likeness (QED) is 0.877.